The van der Waals surface area contributed by atoms with Gasteiger partial charge in [0.1, 0.15) is 24.4 Å². The second-order valence-electron chi connectivity index (χ2n) is 17.6. The molecule has 0 radical (unpaired) electrons. The Bertz CT molecular complexity index is 1190. The predicted molar refractivity (Wildman–Crippen MR) is 166 cm³/mol. The highest BCUT2D eigenvalue weighted by Crippen LogP contribution is 2.74. The van der Waals surface area contributed by atoms with Crippen molar-refractivity contribution in [2.24, 2.45) is 44.3 Å². The van der Waals surface area contributed by atoms with Crippen LogP contribution in [0.5, 0.6) is 0 Å². The van der Waals surface area contributed by atoms with Crippen LogP contribution >= 0.6 is 0 Å². The minimum absolute atomic E-state index is 0.00302. The van der Waals surface area contributed by atoms with Crippen molar-refractivity contribution in [2.75, 3.05) is 13.2 Å². The standard InChI is InChI=1S/C36H58O8/c1-31(2)14-15-36(19-38)21(16-31)20-8-9-24-33(5)12-11-26(44-30-29(42)28(41)27(40)22(18-37)43-30)32(3,4)23(33)10-13-34(24,6)35(20,7)17-25(36)39/h8-9,22-30,37-42H,10-19H2,1-7H3/t22-,23+,24-,25+,26+,27+,28+,29-,30+,33+,34-,35-,36-/m1/s1. The minimum atomic E-state index is -1.46. The average Bonchev–Trinajstić information content (AvgIpc) is 2.95. The summed E-state index contributed by atoms with van der Waals surface area (Å²) in [7, 11) is 0. The van der Waals surface area contributed by atoms with Crippen LogP contribution in [-0.4, -0.2) is 86.8 Å². The van der Waals surface area contributed by atoms with Gasteiger partial charge in [-0.1, -0.05) is 66.2 Å². The Morgan fingerprint density at radius 1 is 0.864 bits per heavy atom. The Morgan fingerprint density at radius 3 is 2.23 bits per heavy atom. The fourth-order valence-corrected chi connectivity index (χ4v) is 11.6. The summed E-state index contributed by atoms with van der Waals surface area (Å²) >= 11 is 0. The van der Waals surface area contributed by atoms with Crippen molar-refractivity contribution < 1.29 is 40.1 Å². The molecule has 5 aliphatic carbocycles. The van der Waals surface area contributed by atoms with E-state index in [0.717, 1.165) is 44.9 Å². The van der Waals surface area contributed by atoms with Crippen LogP contribution in [0.2, 0.25) is 0 Å². The fraction of sp³-hybridized carbons (Fsp3) is 0.889. The first kappa shape index (κ1) is 33.1. The molecular weight excluding hydrogens is 560 g/mol. The Labute approximate surface area is 263 Å². The summed E-state index contributed by atoms with van der Waals surface area (Å²) in [5.41, 5.74) is 1.67. The summed E-state index contributed by atoms with van der Waals surface area (Å²) < 4.78 is 12.2. The lowest BCUT2D eigenvalue weighted by Crippen LogP contribution is -2.65. The van der Waals surface area contributed by atoms with Crippen molar-refractivity contribution in [1.29, 1.82) is 0 Å². The van der Waals surface area contributed by atoms with E-state index in [4.69, 9.17) is 9.47 Å². The maximum atomic E-state index is 11.9. The first-order chi connectivity index (χ1) is 20.4. The van der Waals surface area contributed by atoms with Crippen molar-refractivity contribution >= 4 is 0 Å². The van der Waals surface area contributed by atoms with E-state index in [2.05, 4.69) is 60.6 Å². The molecule has 0 aromatic heterocycles. The van der Waals surface area contributed by atoms with Gasteiger partial charge in [0, 0.05) is 10.8 Å². The van der Waals surface area contributed by atoms with Gasteiger partial charge in [-0.3, -0.25) is 0 Å². The fourth-order valence-electron chi connectivity index (χ4n) is 11.6. The molecule has 0 aromatic rings. The zero-order valence-electron chi connectivity index (χ0n) is 27.9. The normalized spacial score (nSPS) is 52.9. The second-order valence-corrected chi connectivity index (χ2v) is 17.6. The monoisotopic (exact) mass is 618 g/mol. The molecule has 0 aromatic carbocycles. The first-order valence-electron chi connectivity index (χ1n) is 17.1. The molecule has 8 nitrogen and oxygen atoms in total. The highest BCUT2D eigenvalue weighted by atomic mass is 16.7. The van der Waals surface area contributed by atoms with Crippen molar-refractivity contribution in [3.05, 3.63) is 23.3 Å². The van der Waals surface area contributed by atoms with Crippen LogP contribution in [0.3, 0.4) is 0 Å². The summed E-state index contributed by atoms with van der Waals surface area (Å²) in [4.78, 5) is 0. The molecule has 0 unspecified atom stereocenters. The molecule has 0 amide bonds. The molecule has 1 heterocycles. The molecule has 4 fully saturated rings. The molecule has 1 aliphatic heterocycles. The van der Waals surface area contributed by atoms with E-state index >= 15 is 0 Å². The van der Waals surface area contributed by atoms with Crippen LogP contribution in [0.25, 0.3) is 0 Å². The lowest BCUT2D eigenvalue weighted by Gasteiger charge is -2.70. The van der Waals surface area contributed by atoms with Gasteiger partial charge in [0.15, 0.2) is 6.29 Å². The van der Waals surface area contributed by atoms with Crippen LogP contribution < -0.4 is 0 Å². The van der Waals surface area contributed by atoms with Crippen molar-refractivity contribution in [3.8, 4) is 0 Å². The molecule has 13 atom stereocenters. The summed E-state index contributed by atoms with van der Waals surface area (Å²) in [6.07, 6.45) is 4.74. The lowest BCUT2D eigenvalue weighted by atomic mass is 9.35. The SMILES string of the molecule is CC1(C)CC[C@@]2(CO)C(=C3C=C[C@@H]4[C@@]5(C)CC[C@H](O[C@@H]6O[C@H](CO)[C@H](O)[C@H](O)[C@H]6O)C(C)(C)[C@@H]5CC[C@@]4(C)[C@]3(C)C[C@@H]2O)C1. The van der Waals surface area contributed by atoms with E-state index in [9.17, 15) is 30.6 Å². The van der Waals surface area contributed by atoms with Crippen molar-refractivity contribution in [2.45, 2.75) is 143 Å². The molecule has 44 heavy (non-hydrogen) atoms. The number of rotatable bonds is 4. The minimum Gasteiger partial charge on any atom is -0.395 e. The van der Waals surface area contributed by atoms with E-state index in [1.165, 1.54) is 11.1 Å². The zero-order chi connectivity index (χ0) is 32.3. The molecule has 0 spiro atoms. The highest BCUT2D eigenvalue weighted by Gasteiger charge is 2.68. The van der Waals surface area contributed by atoms with Gasteiger partial charge in [-0.25, -0.2) is 0 Å². The largest absolute Gasteiger partial charge is 0.395 e. The number of hydrogen-bond acceptors (Lipinski definition) is 8. The third-order valence-corrected chi connectivity index (χ3v) is 14.6. The van der Waals surface area contributed by atoms with Gasteiger partial charge in [0.2, 0.25) is 0 Å². The maximum Gasteiger partial charge on any atom is 0.186 e. The van der Waals surface area contributed by atoms with Gasteiger partial charge in [0.25, 0.3) is 0 Å². The zero-order valence-corrected chi connectivity index (χ0v) is 27.9. The molecule has 6 rings (SSSR count). The van der Waals surface area contributed by atoms with E-state index in [0.29, 0.717) is 18.3 Å². The van der Waals surface area contributed by atoms with Gasteiger partial charge < -0.3 is 40.1 Å². The first-order valence-corrected chi connectivity index (χ1v) is 17.1. The van der Waals surface area contributed by atoms with Crippen LogP contribution in [0.4, 0.5) is 0 Å². The third kappa shape index (κ3) is 4.38. The molecule has 3 saturated carbocycles. The number of allylic oxidation sites excluding steroid dienone is 3. The van der Waals surface area contributed by atoms with Crippen molar-refractivity contribution in [3.63, 3.8) is 0 Å². The Morgan fingerprint density at radius 2 is 1.57 bits per heavy atom. The second kappa shape index (κ2) is 10.6. The van der Waals surface area contributed by atoms with Gasteiger partial charge in [-0.05, 0) is 90.4 Å². The molecule has 6 N–H and O–H groups in total. The quantitative estimate of drug-likeness (QED) is 0.261. The smallest absolute Gasteiger partial charge is 0.186 e. The number of hydrogen-bond donors (Lipinski definition) is 6. The Balaban J connectivity index is 1.33. The van der Waals surface area contributed by atoms with Gasteiger partial charge in [-0.15, -0.1) is 0 Å². The molecular formula is C36H58O8. The van der Waals surface area contributed by atoms with Crippen LogP contribution in [0.1, 0.15) is 99.8 Å². The van der Waals surface area contributed by atoms with Crippen LogP contribution in [0.15, 0.2) is 23.3 Å². The van der Waals surface area contributed by atoms with E-state index < -0.39 is 48.8 Å². The average molecular weight is 619 g/mol. The van der Waals surface area contributed by atoms with Gasteiger partial charge >= 0.3 is 0 Å². The molecule has 6 aliphatic rings. The lowest BCUT2D eigenvalue weighted by molar-refractivity contribution is -0.329. The number of ether oxygens (including phenoxy) is 2. The Kier molecular flexibility index (Phi) is 7.95. The molecule has 250 valence electrons. The summed E-state index contributed by atoms with van der Waals surface area (Å²) in [5.74, 6) is 0.610. The van der Waals surface area contributed by atoms with Gasteiger partial charge in [-0.2, -0.15) is 0 Å². The summed E-state index contributed by atoms with van der Waals surface area (Å²) in [5, 5.41) is 63.7. The van der Waals surface area contributed by atoms with E-state index in [-0.39, 0.29) is 39.8 Å². The van der Waals surface area contributed by atoms with Crippen molar-refractivity contribution in [1.82, 2.24) is 0 Å². The number of aliphatic hydroxyl groups excluding tert-OH is 6. The summed E-state index contributed by atoms with van der Waals surface area (Å²) in [6, 6.07) is 0. The van der Waals surface area contributed by atoms with Gasteiger partial charge in [0.05, 0.1) is 25.4 Å². The summed E-state index contributed by atoms with van der Waals surface area (Å²) in [6.45, 7) is 15.9. The highest BCUT2D eigenvalue weighted by molar-refractivity contribution is 5.47. The number of fused-ring (bicyclic) bond motifs is 6. The van der Waals surface area contributed by atoms with E-state index in [1.807, 2.05) is 0 Å². The van der Waals surface area contributed by atoms with Crippen LogP contribution in [0, 0.1) is 44.3 Å². The third-order valence-electron chi connectivity index (χ3n) is 14.6. The molecule has 0 bridgehead atoms. The maximum absolute atomic E-state index is 11.9. The van der Waals surface area contributed by atoms with E-state index in [1.54, 1.807) is 0 Å². The van der Waals surface area contributed by atoms with Crippen LogP contribution in [-0.2, 0) is 9.47 Å². The topological polar surface area (TPSA) is 140 Å². The Hall–Kier alpha value is -0.840. The number of aliphatic hydroxyl groups is 6. The predicted octanol–water partition coefficient (Wildman–Crippen LogP) is 3.86. The molecule has 1 saturated heterocycles. The molecule has 8 heteroatoms.